The molecule has 412 valence electrons. The predicted molar refractivity (Wildman–Crippen MR) is 286 cm³/mol. The summed E-state index contributed by atoms with van der Waals surface area (Å²) in [4.78, 5) is 54.9. The van der Waals surface area contributed by atoms with Crippen LogP contribution in [-0.4, -0.2) is 103 Å². The SMILES string of the molecule is CCOC(=O)C1(N)CCC(Oc2ccc(-c3noc(-c4cnc(OC(C)C)c(Cl)c4)n3)c(Cl)c2)C1.CCOC(=O)C1(NC(=O)OC(C)(C)C)CCC(Oc2ccc(-c3noc(-c4cnc(OC(C)C)c(Cl)c4)n3)c(Cl)c2)C1. The molecule has 24 heteroatoms. The van der Waals surface area contributed by atoms with Crippen LogP contribution in [0.2, 0.25) is 20.1 Å². The number of ether oxygens (including phenoxy) is 7. The molecule has 0 spiro atoms. The maximum absolute atomic E-state index is 12.9. The van der Waals surface area contributed by atoms with E-state index in [4.69, 9.17) is 94.3 Å². The molecular weight excluding hydrogens is 1080 g/mol. The van der Waals surface area contributed by atoms with E-state index in [0.29, 0.717) is 110 Å². The molecule has 77 heavy (non-hydrogen) atoms. The van der Waals surface area contributed by atoms with Gasteiger partial charge in [-0.05, 0) is 137 Å². The maximum atomic E-state index is 12.9. The molecule has 2 aliphatic rings. The van der Waals surface area contributed by atoms with Gasteiger partial charge in [0.15, 0.2) is 0 Å². The molecule has 0 radical (unpaired) electrons. The van der Waals surface area contributed by atoms with E-state index in [-0.39, 0.29) is 55.0 Å². The van der Waals surface area contributed by atoms with Crippen LogP contribution in [0.1, 0.15) is 101 Å². The number of carbonyl (C=O) groups excluding carboxylic acids is 3. The molecule has 4 aromatic heterocycles. The second-order valence-electron chi connectivity index (χ2n) is 19.8. The summed E-state index contributed by atoms with van der Waals surface area (Å²) in [7, 11) is 0. The van der Waals surface area contributed by atoms with Gasteiger partial charge in [-0.1, -0.05) is 56.7 Å². The highest BCUT2D eigenvalue weighted by Crippen LogP contribution is 2.39. The van der Waals surface area contributed by atoms with E-state index in [1.165, 1.54) is 6.20 Å². The summed E-state index contributed by atoms with van der Waals surface area (Å²) in [5, 5.41) is 12.2. The van der Waals surface area contributed by atoms with Gasteiger partial charge in [-0.15, -0.1) is 0 Å². The van der Waals surface area contributed by atoms with Crippen molar-refractivity contribution in [2.45, 2.75) is 142 Å². The van der Waals surface area contributed by atoms with Crippen LogP contribution in [0.4, 0.5) is 4.79 Å². The molecule has 2 aliphatic carbocycles. The number of pyridine rings is 2. The fourth-order valence-corrected chi connectivity index (χ4v) is 9.23. The molecule has 2 fully saturated rings. The largest absolute Gasteiger partial charge is 0.490 e. The van der Waals surface area contributed by atoms with Crippen LogP contribution >= 0.6 is 46.4 Å². The Hall–Kier alpha value is -6.45. The van der Waals surface area contributed by atoms with Gasteiger partial charge in [0.05, 0.1) is 46.6 Å². The van der Waals surface area contributed by atoms with Crippen molar-refractivity contribution in [2.75, 3.05) is 13.2 Å². The molecule has 4 heterocycles. The summed E-state index contributed by atoms with van der Waals surface area (Å²) >= 11 is 25.6. The van der Waals surface area contributed by atoms with Crippen molar-refractivity contribution >= 4 is 64.4 Å². The quantitative estimate of drug-likeness (QED) is 0.0635. The summed E-state index contributed by atoms with van der Waals surface area (Å²) in [5.41, 5.74) is 5.39. The van der Waals surface area contributed by atoms with E-state index in [9.17, 15) is 14.4 Å². The average Bonchev–Trinajstić information content (AvgIpc) is 4.19. The first kappa shape index (κ1) is 58.2. The lowest BCUT2D eigenvalue weighted by Crippen LogP contribution is -2.55. The van der Waals surface area contributed by atoms with E-state index < -0.39 is 34.7 Å². The van der Waals surface area contributed by atoms with Crippen molar-refractivity contribution in [1.29, 1.82) is 0 Å². The predicted octanol–water partition coefficient (Wildman–Crippen LogP) is 11.7. The zero-order valence-electron chi connectivity index (χ0n) is 43.9. The molecule has 3 N–H and O–H groups in total. The molecule has 0 bridgehead atoms. The summed E-state index contributed by atoms with van der Waals surface area (Å²) in [6, 6.07) is 13.5. The van der Waals surface area contributed by atoms with Gasteiger partial charge in [-0.25, -0.2) is 19.6 Å². The number of nitrogens with one attached hydrogen (secondary N) is 1. The Labute approximate surface area is 465 Å². The molecule has 2 saturated carbocycles. The molecule has 8 rings (SSSR count). The van der Waals surface area contributed by atoms with Gasteiger partial charge < -0.3 is 53.3 Å². The number of benzene rings is 2. The van der Waals surface area contributed by atoms with Crippen LogP contribution in [0, 0.1) is 0 Å². The van der Waals surface area contributed by atoms with E-state index in [2.05, 4.69) is 35.6 Å². The standard InChI is InChI=1S/C29H34Cl2N4O7.C24H26Cl2N4O5/c1-7-38-26(36)29(34-27(37)41-28(4,5)6)11-10-19(14-29)40-18-8-9-20(21(30)13-18)23-33-24(42-35-23)17-12-22(31)25(32-15-17)39-16(2)3;1-4-32-23(31)24(27)8-7-16(11-24)34-15-5-6-17(18(25)10-15)20-29-21(35-30-20)14-9-19(26)22(28-12-14)33-13(2)3/h8-9,12-13,15-16,19H,7,10-11,14H2,1-6H3,(H,34,37);5-6,9-10,12-13,16H,4,7-8,11,27H2,1-3H3. The fourth-order valence-electron chi connectivity index (χ4n) is 8.30. The van der Waals surface area contributed by atoms with Crippen molar-refractivity contribution < 1.29 is 56.6 Å². The highest BCUT2D eigenvalue weighted by Gasteiger charge is 2.50. The van der Waals surface area contributed by atoms with Crippen molar-refractivity contribution in [2.24, 2.45) is 5.73 Å². The number of amides is 1. The Balaban J connectivity index is 0.000000227. The van der Waals surface area contributed by atoms with E-state index in [1.54, 1.807) is 89.3 Å². The van der Waals surface area contributed by atoms with Gasteiger partial charge in [0, 0.05) is 36.4 Å². The van der Waals surface area contributed by atoms with Crippen molar-refractivity contribution in [3.05, 3.63) is 81.0 Å². The number of nitrogens with two attached hydrogens (primary N) is 1. The molecule has 2 aromatic carbocycles. The molecular formula is C53H60Cl4N8O12. The van der Waals surface area contributed by atoms with Crippen LogP contribution in [0.3, 0.4) is 0 Å². The molecule has 6 aromatic rings. The van der Waals surface area contributed by atoms with E-state index >= 15 is 0 Å². The van der Waals surface area contributed by atoms with Gasteiger partial charge in [-0.2, -0.15) is 9.97 Å². The molecule has 0 saturated heterocycles. The second kappa shape index (κ2) is 24.9. The fraction of sp³-hybridized carbons (Fsp3) is 0.453. The molecule has 1 amide bonds. The first-order valence-corrected chi connectivity index (χ1v) is 26.4. The lowest BCUT2D eigenvalue weighted by molar-refractivity contribution is -0.151. The zero-order chi connectivity index (χ0) is 55.8. The molecule has 4 atom stereocenters. The monoisotopic (exact) mass is 1140 g/mol. The first-order valence-electron chi connectivity index (χ1n) is 24.9. The van der Waals surface area contributed by atoms with Gasteiger partial charge >= 0.3 is 18.0 Å². The summed E-state index contributed by atoms with van der Waals surface area (Å²) < 4.78 is 49.9. The number of hydrogen-bond acceptors (Lipinski definition) is 19. The number of alkyl carbamates (subject to hydrolysis) is 1. The number of halogens is 4. The molecule has 0 aliphatic heterocycles. The molecule has 20 nitrogen and oxygen atoms in total. The van der Waals surface area contributed by atoms with Crippen LogP contribution in [0.5, 0.6) is 23.3 Å². The first-order chi connectivity index (χ1) is 36.5. The minimum Gasteiger partial charge on any atom is -0.490 e. The number of nitrogens with zero attached hydrogens (tertiary/aromatic N) is 6. The highest BCUT2D eigenvalue weighted by atomic mass is 35.5. The molecule has 4 unspecified atom stereocenters. The minimum atomic E-state index is -1.26. The minimum absolute atomic E-state index is 0.0564. The lowest BCUT2D eigenvalue weighted by Gasteiger charge is -2.29. The lowest BCUT2D eigenvalue weighted by atomic mass is 9.98. The topological polar surface area (TPSA) is 257 Å². The average molecular weight is 1140 g/mol. The van der Waals surface area contributed by atoms with Gasteiger partial charge in [0.25, 0.3) is 11.8 Å². The van der Waals surface area contributed by atoms with Gasteiger partial charge in [0.1, 0.15) is 50.4 Å². The van der Waals surface area contributed by atoms with Crippen molar-refractivity contribution in [1.82, 2.24) is 35.6 Å². The Kier molecular flexibility index (Phi) is 18.8. The second-order valence-corrected chi connectivity index (χ2v) is 21.4. The third-order valence-electron chi connectivity index (χ3n) is 11.7. The van der Waals surface area contributed by atoms with E-state index in [1.807, 2.05) is 27.7 Å². The van der Waals surface area contributed by atoms with Gasteiger partial charge in [-0.3, -0.25) is 4.79 Å². The summed E-state index contributed by atoms with van der Waals surface area (Å²) in [6.45, 7) is 16.7. The Morgan fingerprint density at radius 3 is 1.60 bits per heavy atom. The van der Waals surface area contributed by atoms with Crippen LogP contribution in [0.25, 0.3) is 45.7 Å². The van der Waals surface area contributed by atoms with Crippen molar-refractivity contribution in [3.63, 3.8) is 0 Å². The van der Waals surface area contributed by atoms with Crippen LogP contribution < -0.4 is 30.0 Å². The van der Waals surface area contributed by atoms with Crippen LogP contribution in [-0.2, 0) is 23.8 Å². The number of carbonyl (C=O) groups is 3. The Bertz CT molecular complexity index is 3060. The zero-order valence-corrected chi connectivity index (χ0v) is 46.9. The smallest absolute Gasteiger partial charge is 0.408 e. The summed E-state index contributed by atoms with van der Waals surface area (Å²) in [6.07, 6.45) is 4.20. The highest BCUT2D eigenvalue weighted by molar-refractivity contribution is 6.34. The van der Waals surface area contributed by atoms with Gasteiger partial charge in [0.2, 0.25) is 23.4 Å². The maximum Gasteiger partial charge on any atom is 0.408 e. The van der Waals surface area contributed by atoms with E-state index in [0.717, 1.165) is 0 Å². The summed E-state index contributed by atoms with van der Waals surface area (Å²) in [5.74, 6) is 1.78. The normalized spacial score (nSPS) is 19.1. The number of aromatic nitrogens is 6. The Morgan fingerprint density at radius 1 is 0.688 bits per heavy atom. The Morgan fingerprint density at radius 2 is 1.16 bits per heavy atom. The number of hydrogen-bond donors (Lipinski definition) is 2. The third-order valence-corrected chi connectivity index (χ3v) is 12.9. The van der Waals surface area contributed by atoms with Crippen molar-refractivity contribution in [3.8, 4) is 68.9 Å². The number of rotatable bonds is 17. The number of esters is 2. The third kappa shape index (κ3) is 15.0. The van der Waals surface area contributed by atoms with Crippen LogP contribution in [0.15, 0.2) is 70.0 Å².